The molecule has 0 aliphatic heterocycles. The predicted octanol–water partition coefficient (Wildman–Crippen LogP) is 3.50. The highest BCUT2D eigenvalue weighted by Gasteiger charge is 2.18. The molecule has 0 radical (unpaired) electrons. The Morgan fingerprint density at radius 2 is 1.86 bits per heavy atom. The monoisotopic (exact) mass is 397 g/mol. The van der Waals surface area contributed by atoms with E-state index in [1.807, 2.05) is 38.1 Å². The highest BCUT2D eigenvalue weighted by molar-refractivity contribution is 5.91. The molecule has 2 aromatic heterocycles. The first-order chi connectivity index (χ1) is 14.0. The van der Waals surface area contributed by atoms with Crippen LogP contribution in [0.1, 0.15) is 61.5 Å². The lowest BCUT2D eigenvalue weighted by atomic mass is 10.1. The number of hydrogen-bond donors (Lipinski definition) is 1. The van der Waals surface area contributed by atoms with Gasteiger partial charge in [-0.05, 0) is 50.5 Å². The smallest absolute Gasteiger partial charge is 0.291 e. The van der Waals surface area contributed by atoms with Crippen molar-refractivity contribution in [2.75, 3.05) is 13.2 Å². The van der Waals surface area contributed by atoms with E-state index in [0.29, 0.717) is 30.5 Å². The first kappa shape index (κ1) is 20.6. The van der Waals surface area contributed by atoms with E-state index in [1.54, 1.807) is 10.7 Å². The van der Waals surface area contributed by atoms with Crippen molar-refractivity contribution in [1.82, 2.24) is 24.9 Å². The number of carbonyl (C=O) groups is 1. The van der Waals surface area contributed by atoms with Gasteiger partial charge in [-0.3, -0.25) is 4.79 Å². The standard InChI is InChI=1S/C21H27N5O3/c1-5-11-28-17-8-7-16(13-18(17)29-12-6-2)15(4)23-20(27)19-24-21-22-10-9-14(3)26(21)25-19/h7-10,13,15H,5-6,11-12H2,1-4H3,(H,23,27). The van der Waals surface area contributed by atoms with Gasteiger partial charge in [-0.25, -0.2) is 9.50 Å². The Morgan fingerprint density at radius 1 is 1.14 bits per heavy atom. The molecule has 29 heavy (non-hydrogen) atoms. The molecule has 0 saturated heterocycles. The predicted molar refractivity (Wildman–Crippen MR) is 109 cm³/mol. The Balaban J connectivity index is 1.76. The van der Waals surface area contributed by atoms with E-state index in [0.717, 1.165) is 24.1 Å². The minimum Gasteiger partial charge on any atom is -0.490 e. The van der Waals surface area contributed by atoms with Gasteiger partial charge < -0.3 is 14.8 Å². The number of nitrogens with zero attached hydrogens (tertiary/aromatic N) is 4. The van der Waals surface area contributed by atoms with Gasteiger partial charge in [0.2, 0.25) is 5.82 Å². The van der Waals surface area contributed by atoms with Crippen molar-refractivity contribution in [1.29, 1.82) is 0 Å². The summed E-state index contributed by atoms with van der Waals surface area (Å²) in [6.45, 7) is 9.13. The second kappa shape index (κ2) is 9.36. The number of aromatic nitrogens is 4. The molecule has 1 atom stereocenters. The van der Waals surface area contributed by atoms with Crippen molar-refractivity contribution in [2.24, 2.45) is 0 Å². The van der Waals surface area contributed by atoms with E-state index in [4.69, 9.17) is 9.47 Å². The van der Waals surface area contributed by atoms with Gasteiger partial charge in [-0.15, -0.1) is 5.10 Å². The molecule has 1 amide bonds. The molecule has 3 aromatic rings. The molecule has 0 spiro atoms. The molecule has 1 unspecified atom stereocenters. The van der Waals surface area contributed by atoms with Crippen LogP contribution in [-0.4, -0.2) is 38.7 Å². The third-order valence-corrected chi connectivity index (χ3v) is 4.37. The third-order valence-electron chi connectivity index (χ3n) is 4.37. The van der Waals surface area contributed by atoms with Crippen molar-refractivity contribution in [3.8, 4) is 11.5 Å². The van der Waals surface area contributed by atoms with Crippen LogP contribution in [0.15, 0.2) is 30.5 Å². The van der Waals surface area contributed by atoms with Gasteiger partial charge in [0.05, 0.1) is 19.3 Å². The van der Waals surface area contributed by atoms with Gasteiger partial charge in [0.25, 0.3) is 11.7 Å². The van der Waals surface area contributed by atoms with Gasteiger partial charge in [-0.2, -0.15) is 4.98 Å². The fourth-order valence-electron chi connectivity index (χ4n) is 2.80. The first-order valence-electron chi connectivity index (χ1n) is 9.92. The number of fused-ring (bicyclic) bond motifs is 1. The molecule has 1 N–H and O–H groups in total. The minimum atomic E-state index is -0.357. The van der Waals surface area contributed by atoms with Crippen molar-refractivity contribution < 1.29 is 14.3 Å². The number of rotatable bonds is 9. The Bertz CT molecular complexity index is 986. The lowest BCUT2D eigenvalue weighted by Crippen LogP contribution is -2.27. The largest absolute Gasteiger partial charge is 0.490 e. The summed E-state index contributed by atoms with van der Waals surface area (Å²) in [7, 11) is 0. The lowest BCUT2D eigenvalue weighted by Gasteiger charge is -2.17. The molecule has 154 valence electrons. The maximum Gasteiger partial charge on any atom is 0.291 e. The summed E-state index contributed by atoms with van der Waals surface area (Å²) in [5.74, 6) is 1.53. The molecule has 0 saturated carbocycles. The fraction of sp³-hybridized carbons (Fsp3) is 0.429. The maximum absolute atomic E-state index is 12.6. The lowest BCUT2D eigenvalue weighted by molar-refractivity contribution is 0.0929. The van der Waals surface area contributed by atoms with Crippen LogP contribution in [0.4, 0.5) is 0 Å². The van der Waals surface area contributed by atoms with Crippen molar-refractivity contribution in [3.05, 3.63) is 47.5 Å². The molecule has 0 bridgehead atoms. The van der Waals surface area contributed by atoms with Gasteiger partial charge in [0.1, 0.15) is 0 Å². The van der Waals surface area contributed by atoms with E-state index in [2.05, 4.69) is 34.2 Å². The van der Waals surface area contributed by atoms with Crippen molar-refractivity contribution in [2.45, 2.75) is 46.6 Å². The molecule has 2 heterocycles. The van der Waals surface area contributed by atoms with Gasteiger partial charge >= 0.3 is 0 Å². The van der Waals surface area contributed by atoms with E-state index in [9.17, 15) is 4.79 Å². The summed E-state index contributed by atoms with van der Waals surface area (Å²) < 4.78 is 13.2. The topological polar surface area (TPSA) is 90.6 Å². The van der Waals surface area contributed by atoms with Crippen molar-refractivity contribution >= 4 is 11.7 Å². The molecular formula is C21H27N5O3. The normalized spacial score (nSPS) is 12.0. The molecule has 0 aliphatic carbocycles. The van der Waals surface area contributed by atoms with E-state index in [1.165, 1.54) is 0 Å². The number of carbonyl (C=O) groups excluding carboxylic acids is 1. The number of amides is 1. The van der Waals surface area contributed by atoms with Crippen LogP contribution in [0.3, 0.4) is 0 Å². The molecule has 1 aromatic carbocycles. The average Bonchev–Trinajstić information content (AvgIpc) is 3.17. The number of nitrogens with one attached hydrogen (secondary N) is 1. The van der Waals surface area contributed by atoms with E-state index in [-0.39, 0.29) is 17.8 Å². The van der Waals surface area contributed by atoms with Crippen LogP contribution in [-0.2, 0) is 0 Å². The molecular weight excluding hydrogens is 370 g/mol. The van der Waals surface area contributed by atoms with Crippen LogP contribution >= 0.6 is 0 Å². The summed E-state index contributed by atoms with van der Waals surface area (Å²) in [4.78, 5) is 21.0. The summed E-state index contributed by atoms with van der Waals surface area (Å²) in [5, 5.41) is 7.19. The highest BCUT2D eigenvalue weighted by atomic mass is 16.5. The second-order valence-electron chi connectivity index (χ2n) is 6.83. The van der Waals surface area contributed by atoms with Crippen LogP contribution in [0, 0.1) is 6.92 Å². The van der Waals surface area contributed by atoms with Crippen LogP contribution in [0.2, 0.25) is 0 Å². The second-order valence-corrected chi connectivity index (χ2v) is 6.83. The van der Waals surface area contributed by atoms with Gasteiger partial charge in [0.15, 0.2) is 11.5 Å². The molecule has 3 rings (SSSR count). The molecule has 8 heteroatoms. The number of hydrogen-bond acceptors (Lipinski definition) is 6. The van der Waals surface area contributed by atoms with Gasteiger partial charge in [0, 0.05) is 11.9 Å². The summed E-state index contributed by atoms with van der Waals surface area (Å²) in [5.41, 5.74) is 1.77. The Morgan fingerprint density at radius 3 is 2.55 bits per heavy atom. The van der Waals surface area contributed by atoms with Crippen LogP contribution in [0.25, 0.3) is 5.78 Å². The summed E-state index contributed by atoms with van der Waals surface area (Å²) >= 11 is 0. The van der Waals surface area contributed by atoms with Crippen molar-refractivity contribution in [3.63, 3.8) is 0 Å². The zero-order valence-corrected chi connectivity index (χ0v) is 17.3. The van der Waals surface area contributed by atoms with E-state index < -0.39 is 0 Å². The first-order valence-corrected chi connectivity index (χ1v) is 9.92. The molecule has 0 fully saturated rings. The number of aryl methyl sites for hydroxylation is 1. The minimum absolute atomic E-state index is 0.0870. The summed E-state index contributed by atoms with van der Waals surface area (Å²) in [6.07, 6.45) is 3.46. The number of ether oxygens (including phenoxy) is 2. The Kier molecular flexibility index (Phi) is 6.64. The SMILES string of the molecule is CCCOc1ccc(C(C)NC(=O)c2nc3nccc(C)n3n2)cc1OCCC. The highest BCUT2D eigenvalue weighted by Crippen LogP contribution is 2.31. The zero-order chi connectivity index (χ0) is 20.8. The average molecular weight is 397 g/mol. The number of benzene rings is 1. The zero-order valence-electron chi connectivity index (χ0n) is 17.3. The summed E-state index contributed by atoms with van der Waals surface area (Å²) in [6, 6.07) is 7.28. The Hall–Kier alpha value is -3.16. The van der Waals surface area contributed by atoms with Gasteiger partial charge in [-0.1, -0.05) is 19.9 Å². The molecule has 0 aliphatic rings. The maximum atomic E-state index is 12.6. The Labute approximate surface area is 170 Å². The quantitative estimate of drug-likeness (QED) is 0.594. The van der Waals surface area contributed by atoms with Crippen LogP contribution < -0.4 is 14.8 Å². The molecule has 8 nitrogen and oxygen atoms in total. The fourth-order valence-corrected chi connectivity index (χ4v) is 2.80. The van der Waals surface area contributed by atoms with E-state index >= 15 is 0 Å². The third kappa shape index (κ3) is 4.82. The van der Waals surface area contributed by atoms with Crippen LogP contribution in [0.5, 0.6) is 11.5 Å².